The minimum absolute atomic E-state index is 0.0191. The number of hydrogen-bond acceptors (Lipinski definition) is 3. The van der Waals surface area contributed by atoms with Gasteiger partial charge in [-0.15, -0.1) is 11.8 Å². The van der Waals surface area contributed by atoms with Gasteiger partial charge in [0.25, 0.3) is 0 Å². The van der Waals surface area contributed by atoms with E-state index in [4.69, 9.17) is 0 Å². The molecule has 0 aliphatic carbocycles. The zero-order valence-corrected chi connectivity index (χ0v) is 15.3. The third-order valence-corrected chi connectivity index (χ3v) is 5.22. The molecule has 0 saturated carbocycles. The Balaban J connectivity index is 1.71. The summed E-state index contributed by atoms with van der Waals surface area (Å²) in [6.07, 6.45) is 2.99. The van der Waals surface area contributed by atoms with Gasteiger partial charge in [-0.25, -0.2) is 0 Å². The van der Waals surface area contributed by atoms with Crippen LogP contribution in [-0.2, 0) is 22.6 Å². The molecule has 25 heavy (non-hydrogen) atoms. The van der Waals surface area contributed by atoms with Crippen molar-refractivity contribution in [1.82, 2.24) is 5.32 Å². The lowest BCUT2D eigenvalue weighted by Crippen LogP contribution is -2.47. The predicted octanol–water partition coefficient (Wildman–Crippen LogP) is 3.39. The van der Waals surface area contributed by atoms with Gasteiger partial charge < -0.3 is 5.32 Å². The highest BCUT2D eigenvalue weighted by Crippen LogP contribution is 2.32. The molecule has 2 amide bonds. The molecule has 0 fully saturated rings. The first kappa shape index (κ1) is 17.5. The predicted molar refractivity (Wildman–Crippen MR) is 102 cm³/mol. The summed E-state index contributed by atoms with van der Waals surface area (Å²) in [5.74, 6) is -0.124. The van der Waals surface area contributed by atoms with E-state index in [9.17, 15) is 9.59 Å². The van der Waals surface area contributed by atoms with Gasteiger partial charge in [-0.1, -0.05) is 37.3 Å². The molecule has 4 nitrogen and oxygen atoms in total. The van der Waals surface area contributed by atoms with E-state index in [1.165, 1.54) is 4.90 Å². The molecule has 2 aromatic rings. The number of amides is 2. The van der Waals surface area contributed by atoms with Gasteiger partial charge >= 0.3 is 0 Å². The number of benzene rings is 2. The van der Waals surface area contributed by atoms with Crippen LogP contribution in [0.1, 0.15) is 24.5 Å². The lowest BCUT2D eigenvalue weighted by molar-refractivity contribution is -0.126. The fourth-order valence-electron chi connectivity index (χ4n) is 3.12. The Kier molecular flexibility index (Phi) is 5.43. The van der Waals surface area contributed by atoms with E-state index in [1.807, 2.05) is 61.7 Å². The highest BCUT2D eigenvalue weighted by atomic mass is 32.2. The standard InChI is InChI=1S/C20H22N2O2S/c1-3-19(23)22-17-7-5-4-6-15(17)12-18(22)20(24)21-13-14-8-10-16(25-2)11-9-14/h4-11,18H,3,12-13H2,1-2H3,(H,21,24). The number of carbonyl (C=O) groups excluding carboxylic acids is 2. The summed E-state index contributed by atoms with van der Waals surface area (Å²) >= 11 is 1.69. The molecular formula is C20H22N2O2S. The Labute approximate surface area is 152 Å². The Morgan fingerprint density at radius 3 is 2.56 bits per heavy atom. The molecule has 0 radical (unpaired) electrons. The van der Waals surface area contributed by atoms with E-state index in [0.717, 1.165) is 16.8 Å². The molecule has 1 atom stereocenters. The average molecular weight is 354 g/mol. The third kappa shape index (κ3) is 3.71. The van der Waals surface area contributed by atoms with Gasteiger partial charge in [-0.05, 0) is 35.6 Å². The van der Waals surface area contributed by atoms with Crippen LogP contribution >= 0.6 is 11.8 Å². The quantitative estimate of drug-likeness (QED) is 0.838. The molecule has 5 heteroatoms. The molecule has 1 heterocycles. The summed E-state index contributed by atoms with van der Waals surface area (Å²) in [6.45, 7) is 2.29. The van der Waals surface area contributed by atoms with Gasteiger partial charge in [0.2, 0.25) is 11.8 Å². The fourth-order valence-corrected chi connectivity index (χ4v) is 3.53. The molecule has 0 spiro atoms. The van der Waals surface area contributed by atoms with Gasteiger partial charge in [-0.3, -0.25) is 14.5 Å². The Morgan fingerprint density at radius 1 is 1.16 bits per heavy atom. The number of carbonyl (C=O) groups is 2. The summed E-state index contributed by atoms with van der Waals surface area (Å²) in [5.41, 5.74) is 2.96. The van der Waals surface area contributed by atoms with Gasteiger partial charge in [-0.2, -0.15) is 0 Å². The first-order valence-corrected chi connectivity index (χ1v) is 9.67. The van der Waals surface area contributed by atoms with E-state index in [0.29, 0.717) is 19.4 Å². The van der Waals surface area contributed by atoms with E-state index in [-0.39, 0.29) is 11.8 Å². The van der Waals surface area contributed by atoms with Gasteiger partial charge in [0, 0.05) is 30.0 Å². The molecule has 1 unspecified atom stereocenters. The van der Waals surface area contributed by atoms with Gasteiger partial charge in [0.05, 0.1) is 0 Å². The van der Waals surface area contributed by atoms with Crippen molar-refractivity contribution in [2.45, 2.75) is 37.2 Å². The number of anilines is 1. The zero-order valence-electron chi connectivity index (χ0n) is 14.5. The van der Waals surface area contributed by atoms with Crippen LogP contribution in [0.4, 0.5) is 5.69 Å². The van der Waals surface area contributed by atoms with Crippen molar-refractivity contribution in [3.05, 3.63) is 59.7 Å². The second kappa shape index (κ2) is 7.74. The van der Waals surface area contributed by atoms with Crippen LogP contribution in [-0.4, -0.2) is 24.1 Å². The summed E-state index contributed by atoms with van der Waals surface area (Å²) in [4.78, 5) is 28.0. The SMILES string of the molecule is CCC(=O)N1c2ccccc2CC1C(=O)NCc1ccc(SC)cc1. The van der Waals surface area contributed by atoms with Crippen LogP contribution in [0.3, 0.4) is 0 Å². The number of para-hydroxylation sites is 1. The van der Waals surface area contributed by atoms with Crippen LogP contribution < -0.4 is 10.2 Å². The molecular weight excluding hydrogens is 332 g/mol. The molecule has 1 N–H and O–H groups in total. The summed E-state index contributed by atoms with van der Waals surface area (Å²) in [7, 11) is 0. The number of fused-ring (bicyclic) bond motifs is 1. The number of nitrogens with zero attached hydrogens (tertiary/aromatic N) is 1. The van der Waals surface area contributed by atoms with Crippen LogP contribution in [0.25, 0.3) is 0 Å². The number of thioether (sulfide) groups is 1. The van der Waals surface area contributed by atoms with Gasteiger partial charge in [0.1, 0.15) is 6.04 Å². The van der Waals surface area contributed by atoms with Crippen molar-refractivity contribution in [2.75, 3.05) is 11.2 Å². The van der Waals surface area contributed by atoms with E-state index in [2.05, 4.69) is 5.32 Å². The number of nitrogens with one attached hydrogen (secondary N) is 1. The fraction of sp³-hybridized carbons (Fsp3) is 0.300. The van der Waals surface area contributed by atoms with E-state index in [1.54, 1.807) is 16.7 Å². The zero-order chi connectivity index (χ0) is 17.8. The van der Waals surface area contributed by atoms with Crippen LogP contribution in [0.5, 0.6) is 0 Å². The van der Waals surface area contributed by atoms with Crippen molar-refractivity contribution in [2.24, 2.45) is 0 Å². The third-order valence-electron chi connectivity index (χ3n) is 4.48. The maximum Gasteiger partial charge on any atom is 0.243 e. The first-order chi connectivity index (χ1) is 12.1. The summed E-state index contributed by atoms with van der Waals surface area (Å²) in [5, 5.41) is 2.98. The highest BCUT2D eigenvalue weighted by Gasteiger charge is 2.37. The maximum absolute atomic E-state index is 12.7. The molecule has 130 valence electrons. The Bertz CT molecular complexity index is 774. The average Bonchev–Trinajstić information content (AvgIpc) is 3.05. The largest absolute Gasteiger partial charge is 0.350 e. The van der Waals surface area contributed by atoms with Crippen LogP contribution in [0, 0.1) is 0 Å². The monoisotopic (exact) mass is 354 g/mol. The molecule has 0 aromatic heterocycles. The minimum Gasteiger partial charge on any atom is -0.350 e. The van der Waals surface area contributed by atoms with E-state index < -0.39 is 6.04 Å². The molecule has 3 rings (SSSR count). The Morgan fingerprint density at radius 2 is 1.88 bits per heavy atom. The van der Waals surface area contributed by atoms with E-state index >= 15 is 0 Å². The highest BCUT2D eigenvalue weighted by molar-refractivity contribution is 7.98. The summed E-state index contributed by atoms with van der Waals surface area (Å²) < 4.78 is 0. The first-order valence-electron chi connectivity index (χ1n) is 8.44. The van der Waals surface area contributed by atoms with Crippen molar-refractivity contribution in [3.63, 3.8) is 0 Å². The molecule has 1 aliphatic rings. The lowest BCUT2D eigenvalue weighted by atomic mass is 10.1. The minimum atomic E-state index is -0.463. The maximum atomic E-state index is 12.7. The molecule has 2 aromatic carbocycles. The van der Waals surface area contributed by atoms with Crippen molar-refractivity contribution in [1.29, 1.82) is 0 Å². The van der Waals surface area contributed by atoms with Crippen molar-refractivity contribution in [3.8, 4) is 0 Å². The number of rotatable bonds is 5. The van der Waals surface area contributed by atoms with Gasteiger partial charge in [0.15, 0.2) is 0 Å². The second-order valence-corrected chi connectivity index (χ2v) is 6.91. The van der Waals surface area contributed by atoms with Crippen LogP contribution in [0.15, 0.2) is 53.4 Å². The van der Waals surface area contributed by atoms with Crippen molar-refractivity contribution >= 4 is 29.3 Å². The normalized spacial score (nSPS) is 15.8. The second-order valence-electron chi connectivity index (χ2n) is 6.03. The smallest absolute Gasteiger partial charge is 0.243 e. The Hall–Kier alpha value is -2.27. The summed E-state index contributed by atoms with van der Waals surface area (Å²) in [6, 6.07) is 15.4. The molecule has 0 bridgehead atoms. The molecule has 0 saturated heterocycles. The van der Waals surface area contributed by atoms with Crippen molar-refractivity contribution < 1.29 is 9.59 Å². The lowest BCUT2D eigenvalue weighted by Gasteiger charge is -2.24. The number of hydrogen-bond donors (Lipinski definition) is 1. The van der Waals surface area contributed by atoms with Crippen LogP contribution in [0.2, 0.25) is 0 Å². The topological polar surface area (TPSA) is 49.4 Å². The molecule has 1 aliphatic heterocycles.